The second-order valence-electron chi connectivity index (χ2n) is 4.35. The van der Waals surface area contributed by atoms with Crippen LogP contribution in [-0.4, -0.2) is 29.9 Å². The number of pyridine rings is 1. The van der Waals surface area contributed by atoms with E-state index in [4.69, 9.17) is 5.84 Å². The summed E-state index contributed by atoms with van der Waals surface area (Å²) in [7, 11) is 0. The summed E-state index contributed by atoms with van der Waals surface area (Å²) < 4.78 is 39.8. The normalized spacial score (nSPS) is 18.2. The molecule has 0 aliphatic carbocycles. The molecule has 1 aromatic rings. The fourth-order valence-electron chi connectivity index (χ4n) is 1.92. The van der Waals surface area contributed by atoms with Crippen molar-refractivity contribution in [3.05, 3.63) is 23.6 Å². The molecule has 5 nitrogen and oxygen atoms in total. The highest BCUT2D eigenvalue weighted by Crippen LogP contribution is 2.30. The molecule has 0 bridgehead atoms. The van der Waals surface area contributed by atoms with Crippen LogP contribution < -0.4 is 16.2 Å². The lowest BCUT2D eigenvalue weighted by Crippen LogP contribution is -2.40. The van der Waals surface area contributed by atoms with E-state index in [0.29, 0.717) is 0 Å². The van der Waals surface area contributed by atoms with E-state index in [0.717, 1.165) is 12.3 Å². The first-order valence-corrected chi connectivity index (χ1v) is 5.72. The third-order valence-electron chi connectivity index (χ3n) is 3.01. The quantitative estimate of drug-likeness (QED) is 0.480. The molecule has 1 aromatic heterocycles. The number of hydrogen-bond acceptors (Lipinski definition) is 4. The Morgan fingerprint density at radius 1 is 1.42 bits per heavy atom. The fourth-order valence-corrected chi connectivity index (χ4v) is 1.92. The molecule has 0 saturated carbocycles. The number of hydrazine groups is 1. The topological polar surface area (TPSA) is 71.2 Å². The van der Waals surface area contributed by atoms with E-state index in [-0.39, 0.29) is 37.3 Å². The van der Waals surface area contributed by atoms with Crippen molar-refractivity contribution in [3.63, 3.8) is 0 Å². The summed E-state index contributed by atoms with van der Waals surface area (Å²) in [6.45, 7) is 0.0543. The van der Waals surface area contributed by atoms with Gasteiger partial charge in [0.25, 0.3) is 11.8 Å². The van der Waals surface area contributed by atoms with E-state index in [2.05, 4.69) is 4.98 Å². The number of nitrogens with one attached hydrogen (secondary N) is 1. The van der Waals surface area contributed by atoms with Crippen LogP contribution in [0.3, 0.4) is 0 Å². The maximum atomic E-state index is 13.8. The van der Waals surface area contributed by atoms with E-state index in [1.807, 2.05) is 5.43 Å². The zero-order chi connectivity index (χ0) is 14.0. The predicted molar refractivity (Wildman–Crippen MR) is 62.2 cm³/mol. The SMILES string of the molecule is NNC(=O)c1cnc(N2CCC(F)(F)CC2)c(F)c1. The minimum atomic E-state index is -2.70. The summed E-state index contributed by atoms with van der Waals surface area (Å²) in [6.07, 6.45) is 0.492. The lowest BCUT2D eigenvalue weighted by molar-refractivity contribution is -0.0222. The van der Waals surface area contributed by atoms with Crippen LogP contribution in [0.25, 0.3) is 0 Å². The molecule has 1 saturated heterocycles. The molecule has 19 heavy (non-hydrogen) atoms. The smallest absolute Gasteiger partial charge is 0.266 e. The van der Waals surface area contributed by atoms with Crippen LogP contribution in [0.4, 0.5) is 19.0 Å². The average molecular weight is 274 g/mol. The van der Waals surface area contributed by atoms with E-state index in [9.17, 15) is 18.0 Å². The lowest BCUT2D eigenvalue weighted by Gasteiger charge is -2.32. The number of nitrogen functional groups attached to an aromatic ring is 1. The molecule has 0 radical (unpaired) electrons. The fraction of sp³-hybridized carbons (Fsp3) is 0.455. The molecule has 104 valence electrons. The number of hydrogen-bond donors (Lipinski definition) is 2. The van der Waals surface area contributed by atoms with Gasteiger partial charge in [-0.15, -0.1) is 0 Å². The van der Waals surface area contributed by atoms with Crippen molar-refractivity contribution in [1.82, 2.24) is 10.4 Å². The first-order chi connectivity index (χ1) is 8.93. The third-order valence-corrected chi connectivity index (χ3v) is 3.01. The van der Waals surface area contributed by atoms with Crippen LogP contribution in [0.1, 0.15) is 23.2 Å². The van der Waals surface area contributed by atoms with Gasteiger partial charge < -0.3 is 4.90 Å². The van der Waals surface area contributed by atoms with Crippen molar-refractivity contribution >= 4 is 11.7 Å². The van der Waals surface area contributed by atoms with E-state index in [1.165, 1.54) is 4.90 Å². The number of alkyl halides is 2. The van der Waals surface area contributed by atoms with Crippen LogP contribution in [0.2, 0.25) is 0 Å². The Labute approximate surface area is 107 Å². The Morgan fingerprint density at radius 2 is 2.05 bits per heavy atom. The maximum Gasteiger partial charge on any atom is 0.266 e. The van der Waals surface area contributed by atoms with Gasteiger partial charge in [0.2, 0.25) is 0 Å². The van der Waals surface area contributed by atoms with Gasteiger partial charge in [0.05, 0.1) is 5.56 Å². The number of amides is 1. The monoisotopic (exact) mass is 274 g/mol. The molecular weight excluding hydrogens is 261 g/mol. The van der Waals surface area contributed by atoms with Gasteiger partial charge in [0.15, 0.2) is 11.6 Å². The summed E-state index contributed by atoms with van der Waals surface area (Å²) in [5.74, 6) is 0.801. The Hall–Kier alpha value is -1.83. The van der Waals surface area contributed by atoms with Crippen molar-refractivity contribution < 1.29 is 18.0 Å². The molecule has 2 heterocycles. The predicted octanol–water partition coefficient (Wildman–Crippen LogP) is 1.06. The minimum absolute atomic E-state index is 0.0221. The molecule has 1 aliphatic heterocycles. The molecule has 1 fully saturated rings. The Kier molecular flexibility index (Phi) is 3.61. The summed E-state index contributed by atoms with van der Waals surface area (Å²) in [5.41, 5.74) is 1.84. The van der Waals surface area contributed by atoms with Gasteiger partial charge in [-0.25, -0.2) is 24.0 Å². The lowest BCUT2D eigenvalue weighted by atomic mass is 10.1. The number of carbonyl (C=O) groups is 1. The minimum Gasteiger partial charge on any atom is -0.354 e. The molecule has 1 amide bonds. The number of carbonyl (C=O) groups excluding carboxylic acids is 1. The van der Waals surface area contributed by atoms with Crippen LogP contribution >= 0.6 is 0 Å². The molecule has 3 N–H and O–H groups in total. The Morgan fingerprint density at radius 3 is 2.58 bits per heavy atom. The van der Waals surface area contributed by atoms with Crippen molar-refractivity contribution in [1.29, 1.82) is 0 Å². The van der Waals surface area contributed by atoms with Crippen LogP contribution in [-0.2, 0) is 0 Å². The molecule has 0 atom stereocenters. The summed E-state index contributed by atoms with van der Waals surface area (Å²) >= 11 is 0. The van der Waals surface area contributed by atoms with Crippen LogP contribution in [0.5, 0.6) is 0 Å². The number of aromatic nitrogens is 1. The molecule has 1 aliphatic rings. The first-order valence-electron chi connectivity index (χ1n) is 5.72. The maximum absolute atomic E-state index is 13.8. The van der Waals surface area contributed by atoms with Gasteiger partial charge in [-0.3, -0.25) is 10.2 Å². The van der Waals surface area contributed by atoms with E-state index in [1.54, 1.807) is 0 Å². The van der Waals surface area contributed by atoms with Crippen molar-refractivity contribution in [2.75, 3.05) is 18.0 Å². The summed E-state index contributed by atoms with van der Waals surface area (Å²) in [4.78, 5) is 16.4. The highest BCUT2D eigenvalue weighted by molar-refractivity contribution is 5.93. The van der Waals surface area contributed by atoms with Crippen LogP contribution in [0, 0.1) is 5.82 Å². The number of anilines is 1. The number of rotatable bonds is 2. The number of nitrogens with two attached hydrogens (primary N) is 1. The zero-order valence-corrected chi connectivity index (χ0v) is 10.00. The van der Waals surface area contributed by atoms with Crippen molar-refractivity contribution in [3.8, 4) is 0 Å². The Bertz CT molecular complexity index is 485. The first kappa shape index (κ1) is 13.6. The van der Waals surface area contributed by atoms with Gasteiger partial charge in [0.1, 0.15) is 0 Å². The average Bonchev–Trinajstić information content (AvgIpc) is 2.38. The van der Waals surface area contributed by atoms with E-state index >= 15 is 0 Å². The van der Waals surface area contributed by atoms with E-state index < -0.39 is 17.6 Å². The molecule has 0 unspecified atom stereocenters. The molecule has 0 aromatic carbocycles. The van der Waals surface area contributed by atoms with Crippen molar-refractivity contribution in [2.24, 2.45) is 5.84 Å². The van der Waals surface area contributed by atoms with Crippen LogP contribution in [0.15, 0.2) is 12.3 Å². The second-order valence-corrected chi connectivity index (χ2v) is 4.35. The molecule has 8 heteroatoms. The number of halogens is 3. The standard InChI is InChI=1S/C11H13F3N4O/c12-8-5-7(10(19)17-15)6-16-9(8)18-3-1-11(13,14)2-4-18/h5-6H,1-4,15H2,(H,17,19). The van der Waals surface area contributed by atoms with Gasteiger partial charge in [0, 0.05) is 32.1 Å². The van der Waals surface area contributed by atoms with Gasteiger partial charge >= 0.3 is 0 Å². The van der Waals surface area contributed by atoms with Gasteiger partial charge in [-0.2, -0.15) is 0 Å². The highest BCUT2D eigenvalue weighted by atomic mass is 19.3. The highest BCUT2D eigenvalue weighted by Gasteiger charge is 2.35. The zero-order valence-electron chi connectivity index (χ0n) is 10.00. The second kappa shape index (κ2) is 5.04. The number of piperidine rings is 1. The van der Waals surface area contributed by atoms with Gasteiger partial charge in [-0.05, 0) is 6.07 Å². The Balaban J connectivity index is 2.16. The largest absolute Gasteiger partial charge is 0.354 e. The molecular formula is C11H13F3N4O. The van der Waals surface area contributed by atoms with Crippen molar-refractivity contribution in [2.45, 2.75) is 18.8 Å². The van der Waals surface area contributed by atoms with Gasteiger partial charge in [-0.1, -0.05) is 0 Å². The molecule has 0 spiro atoms. The third kappa shape index (κ3) is 2.95. The number of nitrogens with zero attached hydrogens (tertiary/aromatic N) is 2. The summed E-state index contributed by atoms with van der Waals surface area (Å²) in [5, 5.41) is 0. The molecule has 2 rings (SSSR count). The summed E-state index contributed by atoms with van der Waals surface area (Å²) in [6, 6.07) is 0.983.